The number of rotatable bonds is 3. The molecule has 0 aliphatic heterocycles. The lowest BCUT2D eigenvalue weighted by atomic mass is 10.3. The lowest BCUT2D eigenvalue weighted by molar-refractivity contribution is -0.389. The molecule has 0 saturated heterocycles. The summed E-state index contributed by atoms with van der Waals surface area (Å²) in [5, 5.41) is 10.6. The van der Waals surface area contributed by atoms with E-state index in [1.54, 1.807) is 0 Å². The predicted molar refractivity (Wildman–Crippen MR) is 47.0 cm³/mol. The Balaban J connectivity index is 3.41. The molecule has 1 aromatic rings. The molecular formula is C7H5F3N2O5. The van der Waals surface area contributed by atoms with Crippen molar-refractivity contribution in [1.82, 2.24) is 4.98 Å². The number of hydrogen-bond acceptors (Lipinski definition) is 5. The van der Waals surface area contributed by atoms with E-state index in [1.165, 1.54) is 0 Å². The largest absolute Gasteiger partial charge is 0.573 e. The molecule has 0 atom stereocenters. The summed E-state index contributed by atoms with van der Waals surface area (Å²) < 4.78 is 43.6. The number of nitrogens with zero attached hydrogens (tertiary/aromatic N) is 1. The van der Waals surface area contributed by atoms with Crippen LogP contribution in [-0.4, -0.2) is 23.4 Å². The third-order valence-corrected chi connectivity index (χ3v) is 1.60. The topological polar surface area (TPSA) is 94.5 Å². The molecule has 1 aromatic heterocycles. The average molecular weight is 254 g/mol. The maximum atomic E-state index is 11.9. The van der Waals surface area contributed by atoms with Gasteiger partial charge in [-0.3, -0.25) is 14.9 Å². The molecule has 94 valence electrons. The van der Waals surface area contributed by atoms with Crippen LogP contribution in [0.3, 0.4) is 0 Å². The van der Waals surface area contributed by atoms with Gasteiger partial charge in [-0.25, -0.2) is 0 Å². The van der Waals surface area contributed by atoms with Gasteiger partial charge in [0.05, 0.1) is 18.2 Å². The summed E-state index contributed by atoms with van der Waals surface area (Å²) in [7, 11) is 0.912. The van der Waals surface area contributed by atoms with Crippen LogP contribution in [0.1, 0.15) is 0 Å². The molecule has 0 aromatic carbocycles. The maximum Gasteiger partial charge on any atom is 0.573 e. The van der Waals surface area contributed by atoms with Crippen LogP contribution in [0.15, 0.2) is 11.0 Å². The van der Waals surface area contributed by atoms with Gasteiger partial charge in [0.25, 0.3) is 11.3 Å². The van der Waals surface area contributed by atoms with Crippen LogP contribution in [0.2, 0.25) is 0 Å². The van der Waals surface area contributed by atoms with Crippen molar-refractivity contribution in [3.63, 3.8) is 0 Å². The van der Waals surface area contributed by atoms with E-state index in [4.69, 9.17) is 0 Å². The van der Waals surface area contributed by atoms with Gasteiger partial charge in [0.1, 0.15) is 0 Å². The number of ether oxygens (including phenoxy) is 2. The van der Waals surface area contributed by atoms with Crippen LogP contribution in [0.25, 0.3) is 0 Å². The highest BCUT2D eigenvalue weighted by Crippen LogP contribution is 2.35. The minimum absolute atomic E-state index is 0.441. The molecule has 1 N–H and O–H groups in total. The molecule has 0 spiro atoms. The average Bonchev–Trinajstić information content (AvgIpc) is 2.17. The lowest BCUT2D eigenvalue weighted by Crippen LogP contribution is -2.20. The quantitative estimate of drug-likeness (QED) is 0.645. The number of methoxy groups -OCH3 is 1. The highest BCUT2D eigenvalue weighted by molar-refractivity contribution is 5.54. The predicted octanol–water partition coefficient (Wildman–Crippen LogP) is 1.19. The molecule has 0 amide bonds. The summed E-state index contributed by atoms with van der Waals surface area (Å²) in [6.07, 6.45) is -4.68. The molecular weight excluding hydrogens is 249 g/mol. The van der Waals surface area contributed by atoms with Crippen LogP contribution < -0.4 is 15.0 Å². The van der Waals surface area contributed by atoms with Gasteiger partial charge in [0, 0.05) is 0 Å². The van der Waals surface area contributed by atoms with Crippen LogP contribution in [-0.2, 0) is 0 Å². The standard InChI is InChI=1S/C7H5F3N2O5/c1-16-5-4(12(14)15)3(2-11-6(5)13)17-7(8,9)10/h2H,1H3,(H,11,13). The van der Waals surface area contributed by atoms with Crippen molar-refractivity contribution in [2.75, 3.05) is 7.11 Å². The van der Waals surface area contributed by atoms with Crippen LogP contribution in [0, 0.1) is 10.1 Å². The SMILES string of the molecule is COc1c([N+](=O)[O-])c(OC(F)(F)F)c[nH]c1=O. The zero-order valence-electron chi connectivity index (χ0n) is 8.20. The van der Waals surface area contributed by atoms with Crippen molar-refractivity contribution in [1.29, 1.82) is 0 Å². The fourth-order valence-corrected chi connectivity index (χ4v) is 1.05. The molecule has 0 radical (unpaired) electrons. The van der Waals surface area contributed by atoms with E-state index < -0.39 is 34.0 Å². The first kappa shape index (κ1) is 12.8. The summed E-state index contributed by atoms with van der Waals surface area (Å²) in [4.78, 5) is 22.3. The van der Waals surface area contributed by atoms with E-state index in [0.29, 0.717) is 6.20 Å². The fourth-order valence-electron chi connectivity index (χ4n) is 1.05. The minimum Gasteiger partial charge on any atom is -0.486 e. The third kappa shape index (κ3) is 2.86. The van der Waals surface area contributed by atoms with Gasteiger partial charge in [0.15, 0.2) is 0 Å². The molecule has 10 heteroatoms. The van der Waals surface area contributed by atoms with Gasteiger partial charge < -0.3 is 14.5 Å². The number of H-pyrrole nitrogens is 1. The molecule has 0 aliphatic carbocycles. The van der Waals surface area contributed by atoms with Gasteiger partial charge in [-0.15, -0.1) is 13.2 Å². The summed E-state index contributed by atoms with van der Waals surface area (Å²) >= 11 is 0. The number of aromatic nitrogens is 1. The zero-order valence-corrected chi connectivity index (χ0v) is 8.20. The van der Waals surface area contributed by atoms with Gasteiger partial charge in [-0.05, 0) is 0 Å². The fraction of sp³-hybridized carbons (Fsp3) is 0.286. The van der Waals surface area contributed by atoms with E-state index in [9.17, 15) is 28.1 Å². The first-order valence-electron chi connectivity index (χ1n) is 3.96. The number of nitrogens with one attached hydrogen (secondary N) is 1. The van der Waals surface area contributed by atoms with E-state index in [1.807, 2.05) is 4.98 Å². The smallest absolute Gasteiger partial charge is 0.486 e. The van der Waals surface area contributed by atoms with Gasteiger partial charge in [-0.1, -0.05) is 0 Å². The van der Waals surface area contributed by atoms with E-state index in [2.05, 4.69) is 9.47 Å². The first-order valence-corrected chi connectivity index (χ1v) is 3.96. The summed E-state index contributed by atoms with van der Waals surface area (Å²) in [5.74, 6) is -2.02. The normalized spacial score (nSPS) is 11.1. The zero-order chi connectivity index (χ0) is 13.2. The maximum absolute atomic E-state index is 11.9. The van der Waals surface area contributed by atoms with Crippen molar-refractivity contribution in [3.05, 3.63) is 26.7 Å². The Morgan fingerprint density at radius 2 is 2.06 bits per heavy atom. The van der Waals surface area contributed by atoms with Gasteiger partial charge in [-0.2, -0.15) is 0 Å². The Labute approximate surface area is 90.9 Å². The van der Waals surface area contributed by atoms with E-state index in [-0.39, 0.29) is 0 Å². The highest BCUT2D eigenvalue weighted by Gasteiger charge is 2.36. The monoisotopic (exact) mass is 254 g/mol. The van der Waals surface area contributed by atoms with Crippen molar-refractivity contribution < 1.29 is 27.6 Å². The van der Waals surface area contributed by atoms with Gasteiger partial charge >= 0.3 is 12.0 Å². The molecule has 1 rings (SSSR count). The number of pyridine rings is 1. The van der Waals surface area contributed by atoms with Crippen LogP contribution >= 0.6 is 0 Å². The van der Waals surface area contributed by atoms with Gasteiger partial charge in [0.2, 0.25) is 5.75 Å². The lowest BCUT2D eigenvalue weighted by Gasteiger charge is -2.09. The van der Waals surface area contributed by atoms with E-state index >= 15 is 0 Å². The molecule has 0 bridgehead atoms. The second-order valence-electron chi connectivity index (χ2n) is 2.67. The number of hydrogen-bond donors (Lipinski definition) is 1. The Hall–Kier alpha value is -2.26. The highest BCUT2D eigenvalue weighted by atomic mass is 19.4. The number of halogens is 3. The Bertz CT molecular complexity index is 495. The Kier molecular flexibility index (Phi) is 3.25. The van der Waals surface area contributed by atoms with Crippen molar-refractivity contribution in [3.8, 4) is 11.5 Å². The van der Waals surface area contributed by atoms with E-state index in [0.717, 1.165) is 7.11 Å². The number of aromatic amines is 1. The van der Waals surface area contributed by atoms with Crippen LogP contribution in [0.4, 0.5) is 18.9 Å². The number of nitro groups is 1. The van der Waals surface area contributed by atoms with Crippen molar-refractivity contribution in [2.24, 2.45) is 0 Å². The molecule has 7 nitrogen and oxygen atoms in total. The third-order valence-electron chi connectivity index (χ3n) is 1.60. The summed E-state index contributed by atoms with van der Waals surface area (Å²) in [5.41, 5.74) is -2.22. The molecule has 0 fully saturated rings. The Morgan fingerprint density at radius 1 is 1.47 bits per heavy atom. The van der Waals surface area contributed by atoms with Crippen molar-refractivity contribution in [2.45, 2.75) is 6.36 Å². The summed E-state index contributed by atoms with van der Waals surface area (Å²) in [6.45, 7) is 0. The second-order valence-corrected chi connectivity index (χ2v) is 2.67. The molecule has 0 aliphatic rings. The van der Waals surface area contributed by atoms with Crippen molar-refractivity contribution >= 4 is 5.69 Å². The molecule has 17 heavy (non-hydrogen) atoms. The Morgan fingerprint density at radius 3 is 2.47 bits per heavy atom. The molecule has 1 heterocycles. The first-order chi connectivity index (χ1) is 7.76. The molecule has 0 saturated carbocycles. The summed E-state index contributed by atoms with van der Waals surface area (Å²) in [6, 6.07) is 0. The second kappa shape index (κ2) is 4.31. The van der Waals surface area contributed by atoms with Crippen LogP contribution in [0.5, 0.6) is 11.5 Å². The molecule has 0 unspecified atom stereocenters. The minimum atomic E-state index is -5.12. The number of alkyl halides is 3.